The van der Waals surface area contributed by atoms with Crippen LogP contribution in [-0.4, -0.2) is 23.4 Å². The Bertz CT molecular complexity index is 170. The van der Waals surface area contributed by atoms with E-state index in [0.29, 0.717) is 0 Å². The van der Waals surface area contributed by atoms with Crippen LogP contribution in [0.15, 0.2) is 0 Å². The van der Waals surface area contributed by atoms with Gasteiger partial charge >= 0.3 is 0 Å². The average molecular weight is 312 g/mol. The first-order valence-electron chi connectivity index (χ1n) is 5.37. The van der Waals surface area contributed by atoms with E-state index in [2.05, 4.69) is 43.4 Å². The van der Waals surface area contributed by atoms with Crippen molar-refractivity contribution in [1.29, 1.82) is 0 Å². The first-order chi connectivity index (χ1) is 6.54. The Hall–Kier alpha value is 0.650. The molecule has 0 radical (unpaired) electrons. The van der Waals surface area contributed by atoms with Gasteiger partial charge in [-0.15, -0.1) is 0 Å². The van der Waals surface area contributed by atoms with Crippen LogP contribution in [0, 0.1) is 5.41 Å². The van der Waals surface area contributed by atoms with E-state index >= 15 is 0 Å². The lowest BCUT2D eigenvalue weighted by molar-refractivity contribution is -0.302. The molecule has 0 unspecified atom stereocenters. The molecule has 1 heterocycles. The third-order valence-corrected chi connectivity index (χ3v) is 3.44. The lowest BCUT2D eigenvalue weighted by Gasteiger charge is -2.43. The van der Waals surface area contributed by atoms with Gasteiger partial charge in [0.1, 0.15) is 0 Å². The van der Waals surface area contributed by atoms with Gasteiger partial charge in [0.15, 0.2) is 5.79 Å². The summed E-state index contributed by atoms with van der Waals surface area (Å²) in [5, 5.41) is 0. The van der Waals surface area contributed by atoms with Crippen LogP contribution in [0.3, 0.4) is 0 Å². The van der Waals surface area contributed by atoms with Gasteiger partial charge in [-0.3, -0.25) is 0 Å². The van der Waals surface area contributed by atoms with Crippen LogP contribution in [-0.2, 0) is 9.47 Å². The minimum absolute atomic E-state index is 0.184. The van der Waals surface area contributed by atoms with E-state index in [1.807, 2.05) is 0 Å². The molecule has 1 saturated heterocycles. The second-order valence-electron chi connectivity index (χ2n) is 4.80. The number of hydrogen-bond acceptors (Lipinski definition) is 2. The molecule has 0 aromatic heterocycles. The molecule has 0 N–H and O–H groups in total. The minimum atomic E-state index is -0.277. The minimum Gasteiger partial charge on any atom is -0.349 e. The van der Waals surface area contributed by atoms with Crippen molar-refractivity contribution >= 4 is 22.6 Å². The smallest absolute Gasteiger partial charge is 0.168 e. The van der Waals surface area contributed by atoms with E-state index in [0.717, 1.165) is 26.1 Å². The molecule has 0 spiro atoms. The van der Waals surface area contributed by atoms with E-state index in [4.69, 9.17) is 9.47 Å². The average Bonchev–Trinajstić information content (AvgIpc) is 2.18. The predicted octanol–water partition coefficient (Wildman–Crippen LogP) is 3.38. The number of halogens is 1. The van der Waals surface area contributed by atoms with Crippen molar-refractivity contribution in [2.24, 2.45) is 5.41 Å². The summed E-state index contributed by atoms with van der Waals surface area (Å²) in [6.07, 6.45) is 3.16. The van der Waals surface area contributed by atoms with Crippen molar-refractivity contribution in [1.82, 2.24) is 0 Å². The summed E-state index contributed by atoms with van der Waals surface area (Å²) in [7, 11) is 0. The van der Waals surface area contributed by atoms with Gasteiger partial charge in [0, 0.05) is 11.8 Å². The predicted molar refractivity (Wildman–Crippen MR) is 66.8 cm³/mol. The van der Waals surface area contributed by atoms with Crippen molar-refractivity contribution in [2.75, 3.05) is 17.6 Å². The highest BCUT2D eigenvalue weighted by Gasteiger charge is 2.38. The maximum Gasteiger partial charge on any atom is 0.168 e. The molecule has 1 fully saturated rings. The number of hydrogen-bond donors (Lipinski definition) is 0. The zero-order chi connectivity index (χ0) is 10.7. The largest absolute Gasteiger partial charge is 0.349 e. The maximum atomic E-state index is 5.91. The van der Waals surface area contributed by atoms with Crippen LogP contribution in [0.4, 0.5) is 0 Å². The lowest BCUT2D eigenvalue weighted by atomic mass is 9.93. The molecule has 1 rings (SSSR count). The van der Waals surface area contributed by atoms with E-state index in [9.17, 15) is 0 Å². The van der Waals surface area contributed by atoms with Gasteiger partial charge in [0.2, 0.25) is 0 Å². The zero-order valence-electron chi connectivity index (χ0n) is 9.44. The van der Waals surface area contributed by atoms with Crippen molar-refractivity contribution < 1.29 is 9.47 Å². The van der Waals surface area contributed by atoms with E-state index < -0.39 is 0 Å². The fourth-order valence-electron chi connectivity index (χ4n) is 1.60. The SMILES string of the molecule is CCC1(CCCI)OCC(C)(C)CO1. The molecule has 0 aliphatic carbocycles. The molecule has 1 aliphatic heterocycles. The maximum absolute atomic E-state index is 5.91. The van der Waals surface area contributed by atoms with Gasteiger partial charge in [-0.2, -0.15) is 0 Å². The van der Waals surface area contributed by atoms with Crippen LogP contribution < -0.4 is 0 Å². The highest BCUT2D eigenvalue weighted by atomic mass is 127. The summed E-state index contributed by atoms with van der Waals surface area (Å²) in [5.74, 6) is -0.277. The Labute approximate surface area is 101 Å². The van der Waals surface area contributed by atoms with E-state index in [-0.39, 0.29) is 11.2 Å². The van der Waals surface area contributed by atoms with Gasteiger partial charge in [-0.05, 0) is 17.3 Å². The fourth-order valence-corrected chi connectivity index (χ4v) is 1.98. The van der Waals surface area contributed by atoms with Crippen molar-refractivity contribution in [3.63, 3.8) is 0 Å². The topological polar surface area (TPSA) is 18.5 Å². The van der Waals surface area contributed by atoms with Crippen molar-refractivity contribution in [3.05, 3.63) is 0 Å². The van der Waals surface area contributed by atoms with Gasteiger partial charge in [-0.1, -0.05) is 43.4 Å². The monoisotopic (exact) mass is 312 g/mol. The quantitative estimate of drug-likeness (QED) is 0.585. The van der Waals surface area contributed by atoms with Crippen LogP contribution in [0.1, 0.15) is 40.0 Å². The molecule has 2 nitrogen and oxygen atoms in total. The summed E-state index contributed by atoms with van der Waals surface area (Å²) in [6, 6.07) is 0. The highest BCUT2D eigenvalue weighted by molar-refractivity contribution is 14.1. The fraction of sp³-hybridized carbons (Fsp3) is 1.00. The summed E-state index contributed by atoms with van der Waals surface area (Å²) < 4.78 is 13.0. The number of alkyl halides is 1. The summed E-state index contributed by atoms with van der Waals surface area (Å²) in [4.78, 5) is 0. The Kier molecular flexibility index (Phi) is 4.65. The molecule has 14 heavy (non-hydrogen) atoms. The highest BCUT2D eigenvalue weighted by Crippen LogP contribution is 2.34. The molecule has 0 amide bonds. The lowest BCUT2D eigenvalue weighted by Crippen LogP contribution is -2.47. The molecule has 0 atom stereocenters. The van der Waals surface area contributed by atoms with Crippen LogP contribution in [0.5, 0.6) is 0 Å². The molecule has 1 aliphatic rings. The van der Waals surface area contributed by atoms with Crippen LogP contribution in [0.2, 0.25) is 0 Å². The van der Waals surface area contributed by atoms with E-state index in [1.54, 1.807) is 0 Å². The molecule has 0 aromatic carbocycles. The summed E-state index contributed by atoms with van der Waals surface area (Å²) >= 11 is 2.40. The Balaban J connectivity index is 2.48. The summed E-state index contributed by atoms with van der Waals surface area (Å²) in [5.41, 5.74) is 0.184. The Morgan fingerprint density at radius 3 is 2.21 bits per heavy atom. The van der Waals surface area contributed by atoms with Gasteiger partial charge in [0.05, 0.1) is 13.2 Å². The Morgan fingerprint density at radius 2 is 1.79 bits per heavy atom. The molecule has 84 valence electrons. The standard InChI is InChI=1S/C11H21IO2/c1-4-11(6-5-7-12)13-8-10(2,3)9-14-11/h4-9H2,1-3H3. The number of ether oxygens (including phenoxy) is 2. The molecular weight excluding hydrogens is 291 g/mol. The molecule has 3 heteroatoms. The first-order valence-corrected chi connectivity index (χ1v) is 6.90. The second-order valence-corrected chi connectivity index (χ2v) is 5.88. The van der Waals surface area contributed by atoms with Gasteiger partial charge in [-0.25, -0.2) is 0 Å². The van der Waals surface area contributed by atoms with Crippen molar-refractivity contribution in [2.45, 2.75) is 45.8 Å². The summed E-state index contributed by atoms with van der Waals surface area (Å²) in [6.45, 7) is 8.16. The first kappa shape index (κ1) is 12.7. The third-order valence-electron chi connectivity index (χ3n) is 2.68. The number of rotatable bonds is 4. The zero-order valence-corrected chi connectivity index (χ0v) is 11.6. The second kappa shape index (κ2) is 5.12. The normalized spacial score (nSPS) is 24.9. The molecule has 0 bridgehead atoms. The van der Waals surface area contributed by atoms with Crippen LogP contribution >= 0.6 is 22.6 Å². The molecule has 0 saturated carbocycles. The Morgan fingerprint density at radius 1 is 1.21 bits per heavy atom. The molecular formula is C11H21IO2. The van der Waals surface area contributed by atoms with E-state index in [1.165, 1.54) is 10.8 Å². The van der Waals surface area contributed by atoms with Gasteiger partial charge in [0.25, 0.3) is 0 Å². The third kappa shape index (κ3) is 3.35. The van der Waals surface area contributed by atoms with Crippen LogP contribution in [0.25, 0.3) is 0 Å². The molecule has 0 aromatic rings. The van der Waals surface area contributed by atoms with Crippen molar-refractivity contribution in [3.8, 4) is 0 Å². The van der Waals surface area contributed by atoms with Gasteiger partial charge < -0.3 is 9.47 Å².